The highest BCUT2D eigenvalue weighted by Gasteiger charge is 2.24. The Hall–Kier alpha value is -0.300. The molecule has 1 fully saturated rings. The van der Waals surface area contributed by atoms with Crippen molar-refractivity contribution in [3.8, 4) is 0 Å². The molecule has 0 aromatic rings. The van der Waals surface area contributed by atoms with Crippen molar-refractivity contribution < 1.29 is 0 Å². The first kappa shape index (κ1) is 17.8. The van der Waals surface area contributed by atoms with E-state index in [0.717, 1.165) is 11.8 Å². The van der Waals surface area contributed by atoms with E-state index in [1.807, 2.05) is 0 Å². The van der Waals surface area contributed by atoms with Crippen LogP contribution >= 0.6 is 0 Å². The van der Waals surface area contributed by atoms with E-state index in [-0.39, 0.29) is 5.54 Å². The molecule has 0 bridgehead atoms. The van der Waals surface area contributed by atoms with Crippen LogP contribution in [0, 0.1) is 11.8 Å². The van der Waals surface area contributed by atoms with E-state index in [4.69, 9.17) is 0 Å². The van der Waals surface area contributed by atoms with Crippen molar-refractivity contribution in [2.75, 3.05) is 6.54 Å². The zero-order chi connectivity index (χ0) is 14.8. The average Bonchev–Trinajstić information content (AvgIpc) is 2.60. The van der Waals surface area contributed by atoms with Crippen molar-refractivity contribution in [1.29, 1.82) is 0 Å². The van der Waals surface area contributed by atoms with Crippen LogP contribution in [-0.2, 0) is 0 Å². The number of unbranched alkanes of at least 4 members (excludes halogenated alkanes) is 3. The topological polar surface area (TPSA) is 12.0 Å². The quantitative estimate of drug-likeness (QED) is 0.341. The average molecular weight is 280 g/mol. The van der Waals surface area contributed by atoms with Crippen LogP contribution in [0.3, 0.4) is 0 Å². The summed E-state index contributed by atoms with van der Waals surface area (Å²) < 4.78 is 0. The molecular weight excluding hydrogens is 242 g/mol. The number of allylic oxidation sites excluding steroid dienone is 1. The summed E-state index contributed by atoms with van der Waals surface area (Å²) in [5.74, 6) is 1.88. The van der Waals surface area contributed by atoms with Gasteiger partial charge in [0.05, 0.1) is 0 Å². The van der Waals surface area contributed by atoms with Gasteiger partial charge in [0.25, 0.3) is 0 Å². The van der Waals surface area contributed by atoms with Crippen molar-refractivity contribution in [3.05, 3.63) is 12.7 Å². The molecule has 1 heteroatoms. The van der Waals surface area contributed by atoms with E-state index < -0.39 is 0 Å². The molecule has 0 heterocycles. The largest absolute Gasteiger partial charge is 0.312 e. The van der Waals surface area contributed by atoms with E-state index >= 15 is 0 Å². The Morgan fingerprint density at radius 1 is 1.00 bits per heavy atom. The molecule has 1 saturated carbocycles. The van der Waals surface area contributed by atoms with Crippen LogP contribution in [-0.4, -0.2) is 12.1 Å². The van der Waals surface area contributed by atoms with E-state index in [1.54, 1.807) is 0 Å². The van der Waals surface area contributed by atoms with E-state index in [1.165, 1.54) is 70.8 Å². The van der Waals surface area contributed by atoms with Gasteiger partial charge in [-0.3, -0.25) is 0 Å². The fourth-order valence-electron chi connectivity index (χ4n) is 3.42. The standard InChI is InChI=1S/C19H37N/c1-5-6-7-8-10-13-17-14-11-9-12-15-18(17)16-20-19(2,3)4/h5,17-18,20H,1,6-16H2,2-4H3. The Kier molecular flexibility index (Phi) is 8.52. The van der Waals surface area contributed by atoms with Gasteiger partial charge in [-0.25, -0.2) is 0 Å². The van der Waals surface area contributed by atoms with Crippen LogP contribution in [0.4, 0.5) is 0 Å². The minimum absolute atomic E-state index is 0.265. The normalized spacial score (nSPS) is 24.4. The van der Waals surface area contributed by atoms with Gasteiger partial charge in [0.2, 0.25) is 0 Å². The number of hydrogen-bond acceptors (Lipinski definition) is 1. The Bertz CT molecular complexity index is 251. The monoisotopic (exact) mass is 279 g/mol. The maximum Gasteiger partial charge on any atom is 0.00966 e. The van der Waals surface area contributed by atoms with Gasteiger partial charge in [-0.05, 0) is 58.4 Å². The summed E-state index contributed by atoms with van der Waals surface area (Å²) in [6.07, 6.45) is 16.1. The highest BCUT2D eigenvalue weighted by atomic mass is 14.9. The first-order valence-electron chi connectivity index (χ1n) is 8.89. The molecule has 0 saturated heterocycles. The third-order valence-electron chi connectivity index (χ3n) is 4.69. The lowest BCUT2D eigenvalue weighted by Crippen LogP contribution is -2.40. The fraction of sp³-hybridized carbons (Fsp3) is 0.895. The van der Waals surface area contributed by atoms with Gasteiger partial charge in [-0.2, -0.15) is 0 Å². The first-order valence-corrected chi connectivity index (χ1v) is 8.89. The second-order valence-corrected chi connectivity index (χ2v) is 7.72. The second kappa shape index (κ2) is 9.60. The predicted octanol–water partition coefficient (Wildman–Crippen LogP) is 5.71. The van der Waals surface area contributed by atoms with Crippen LogP contribution in [0.2, 0.25) is 0 Å². The summed E-state index contributed by atoms with van der Waals surface area (Å²) in [4.78, 5) is 0. The van der Waals surface area contributed by atoms with Gasteiger partial charge in [0.1, 0.15) is 0 Å². The summed E-state index contributed by atoms with van der Waals surface area (Å²) in [5, 5.41) is 3.75. The van der Waals surface area contributed by atoms with E-state index in [2.05, 4.69) is 38.7 Å². The lowest BCUT2D eigenvalue weighted by molar-refractivity contribution is 0.253. The van der Waals surface area contributed by atoms with Crippen LogP contribution < -0.4 is 5.32 Å². The van der Waals surface area contributed by atoms with Crippen LogP contribution in [0.1, 0.15) is 85.0 Å². The molecule has 0 spiro atoms. The maximum absolute atomic E-state index is 3.81. The number of hydrogen-bond donors (Lipinski definition) is 1. The van der Waals surface area contributed by atoms with Gasteiger partial charge in [0.15, 0.2) is 0 Å². The molecular formula is C19H37N. The molecule has 20 heavy (non-hydrogen) atoms. The Labute approximate surface area is 127 Å². The molecule has 2 unspecified atom stereocenters. The van der Waals surface area contributed by atoms with Crippen molar-refractivity contribution in [2.45, 2.75) is 90.5 Å². The van der Waals surface area contributed by atoms with Gasteiger partial charge < -0.3 is 5.32 Å². The molecule has 1 N–H and O–H groups in total. The zero-order valence-electron chi connectivity index (χ0n) is 14.2. The molecule has 2 atom stereocenters. The maximum atomic E-state index is 3.81. The molecule has 0 aromatic heterocycles. The molecule has 1 rings (SSSR count). The number of rotatable bonds is 8. The minimum Gasteiger partial charge on any atom is -0.312 e. The number of nitrogens with one attached hydrogen (secondary N) is 1. The van der Waals surface area contributed by atoms with Crippen LogP contribution in [0.25, 0.3) is 0 Å². The molecule has 0 amide bonds. The molecule has 0 aromatic carbocycles. The van der Waals surface area contributed by atoms with Crippen molar-refractivity contribution in [3.63, 3.8) is 0 Å². The SMILES string of the molecule is C=CCCCCCC1CCCCCC1CNC(C)(C)C. The fourth-order valence-corrected chi connectivity index (χ4v) is 3.42. The summed E-state index contributed by atoms with van der Waals surface area (Å²) in [6, 6.07) is 0. The summed E-state index contributed by atoms with van der Waals surface area (Å²) in [6.45, 7) is 11.9. The predicted molar refractivity (Wildman–Crippen MR) is 91.1 cm³/mol. The zero-order valence-corrected chi connectivity index (χ0v) is 14.2. The molecule has 0 radical (unpaired) electrons. The minimum atomic E-state index is 0.265. The van der Waals surface area contributed by atoms with E-state index in [9.17, 15) is 0 Å². The van der Waals surface area contributed by atoms with Crippen molar-refractivity contribution in [2.24, 2.45) is 11.8 Å². The third-order valence-corrected chi connectivity index (χ3v) is 4.69. The molecule has 1 aliphatic carbocycles. The Balaban J connectivity index is 2.34. The molecule has 1 nitrogen and oxygen atoms in total. The van der Waals surface area contributed by atoms with Crippen molar-refractivity contribution in [1.82, 2.24) is 5.32 Å². The van der Waals surface area contributed by atoms with Crippen LogP contribution in [0.15, 0.2) is 12.7 Å². The first-order chi connectivity index (χ1) is 9.53. The third kappa shape index (κ3) is 8.09. The van der Waals surface area contributed by atoms with Gasteiger partial charge in [-0.1, -0.05) is 51.0 Å². The molecule has 118 valence electrons. The van der Waals surface area contributed by atoms with E-state index in [0.29, 0.717) is 0 Å². The second-order valence-electron chi connectivity index (χ2n) is 7.72. The lowest BCUT2D eigenvalue weighted by Gasteiger charge is -2.30. The summed E-state index contributed by atoms with van der Waals surface area (Å²) in [5.41, 5.74) is 0.265. The van der Waals surface area contributed by atoms with Gasteiger partial charge >= 0.3 is 0 Å². The Morgan fingerprint density at radius 3 is 2.35 bits per heavy atom. The van der Waals surface area contributed by atoms with Gasteiger partial charge in [-0.15, -0.1) is 6.58 Å². The summed E-state index contributed by atoms with van der Waals surface area (Å²) >= 11 is 0. The van der Waals surface area contributed by atoms with Gasteiger partial charge in [0, 0.05) is 5.54 Å². The Morgan fingerprint density at radius 2 is 1.70 bits per heavy atom. The summed E-state index contributed by atoms with van der Waals surface area (Å²) in [7, 11) is 0. The molecule has 0 aliphatic heterocycles. The lowest BCUT2D eigenvalue weighted by atomic mass is 9.83. The highest BCUT2D eigenvalue weighted by molar-refractivity contribution is 4.79. The highest BCUT2D eigenvalue weighted by Crippen LogP contribution is 2.32. The van der Waals surface area contributed by atoms with Crippen molar-refractivity contribution >= 4 is 0 Å². The van der Waals surface area contributed by atoms with Crippen LogP contribution in [0.5, 0.6) is 0 Å². The smallest absolute Gasteiger partial charge is 0.00966 e. The molecule has 1 aliphatic rings.